The van der Waals surface area contributed by atoms with Crippen LogP contribution in [0.3, 0.4) is 0 Å². The summed E-state index contributed by atoms with van der Waals surface area (Å²) in [5.74, 6) is 0.598. The number of hydrogen-bond donors (Lipinski definition) is 1. The van der Waals surface area contributed by atoms with Crippen molar-refractivity contribution in [3.05, 3.63) is 35.4 Å². The molecule has 0 aliphatic carbocycles. The predicted molar refractivity (Wildman–Crippen MR) is 79.8 cm³/mol. The van der Waals surface area contributed by atoms with Gasteiger partial charge in [0.1, 0.15) is 0 Å². The number of nitrogens with zero attached hydrogens (tertiary/aromatic N) is 1. The molecule has 0 heterocycles. The molecule has 19 heavy (non-hydrogen) atoms. The summed E-state index contributed by atoms with van der Waals surface area (Å²) in [5, 5.41) is 0. The van der Waals surface area contributed by atoms with Crippen molar-refractivity contribution < 1.29 is 4.79 Å². The van der Waals surface area contributed by atoms with Crippen molar-refractivity contribution in [3.63, 3.8) is 0 Å². The molecule has 2 unspecified atom stereocenters. The molecule has 0 aliphatic heterocycles. The van der Waals surface area contributed by atoms with Crippen LogP contribution in [-0.4, -0.2) is 24.4 Å². The zero-order chi connectivity index (χ0) is 14.4. The monoisotopic (exact) mass is 262 g/mol. The molecule has 0 fully saturated rings. The highest BCUT2D eigenvalue weighted by atomic mass is 16.2. The van der Waals surface area contributed by atoms with E-state index < -0.39 is 0 Å². The molecule has 0 radical (unpaired) electrons. The van der Waals surface area contributed by atoms with Crippen molar-refractivity contribution in [1.29, 1.82) is 0 Å². The molecule has 3 nitrogen and oxygen atoms in total. The number of carbonyl (C=O) groups excluding carboxylic acids is 1. The van der Waals surface area contributed by atoms with Crippen LogP contribution in [0.4, 0.5) is 0 Å². The van der Waals surface area contributed by atoms with Gasteiger partial charge in [-0.3, -0.25) is 4.79 Å². The first-order valence-electron chi connectivity index (χ1n) is 6.98. The van der Waals surface area contributed by atoms with Gasteiger partial charge >= 0.3 is 0 Å². The number of rotatable bonds is 6. The van der Waals surface area contributed by atoms with E-state index in [1.807, 2.05) is 11.9 Å². The quantitative estimate of drug-likeness (QED) is 0.857. The highest BCUT2D eigenvalue weighted by Crippen LogP contribution is 2.20. The van der Waals surface area contributed by atoms with Gasteiger partial charge in [0.2, 0.25) is 5.91 Å². The lowest BCUT2D eigenvalue weighted by molar-refractivity contribution is -0.132. The maximum atomic E-state index is 12.1. The van der Waals surface area contributed by atoms with E-state index in [-0.39, 0.29) is 11.9 Å². The Morgan fingerprint density at radius 2 is 1.84 bits per heavy atom. The Kier molecular flexibility index (Phi) is 6.03. The fourth-order valence-electron chi connectivity index (χ4n) is 1.95. The molecule has 0 bridgehead atoms. The first kappa shape index (κ1) is 15.7. The van der Waals surface area contributed by atoms with Crippen molar-refractivity contribution in [1.82, 2.24) is 4.90 Å². The second-order valence-corrected chi connectivity index (χ2v) is 5.47. The van der Waals surface area contributed by atoms with Crippen LogP contribution >= 0.6 is 0 Å². The number of benzene rings is 1. The van der Waals surface area contributed by atoms with E-state index >= 15 is 0 Å². The van der Waals surface area contributed by atoms with E-state index in [4.69, 9.17) is 5.73 Å². The molecule has 1 rings (SSSR count). The maximum Gasteiger partial charge on any atom is 0.222 e. The second kappa shape index (κ2) is 7.29. The van der Waals surface area contributed by atoms with Gasteiger partial charge in [-0.05, 0) is 38.3 Å². The fraction of sp³-hybridized carbons (Fsp3) is 0.562. The Bertz CT molecular complexity index is 400. The number of carbonyl (C=O) groups is 1. The van der Waals surface area contributed by atoms with Gasteiger partial charge in [-0.2, -0.15) is 0 Å². The molecule has 0 aliphatic rings. The molecule has 0 saturated heterocycles. The molecular formula is C16H26N2O. The number of hydrogen-bond acceptors (Lipinski definition) is 2. The van der Waals surface area contributed by atoms with Gasteiger partial charge in [0.15, 0.2) is 0 Å². The van der Waals surface area contributed by atoms with Crippen molar-refractivity contribution >= 4 is 5.91 Å². The molecule has 1 amide bonds. The smallest absolute Gasteiger partial charge is 0.222 e. The van der Waals surface area contributed by atoms with E-state index in [9.17, 15) is 4.79 Å². The third kappa shape index (κ3) is 4.67. The average molecular weight is 262 g/mol. The SMILES string of the molecule is Cc1ccc(C(C)N(C)C(=O)CCC(C)CN)cc1. The van der Waals surface area contributed by atoms with Crippen LogP contribution < -0.4 is 5.73 Å². The molecule has 106 valence electrons. The Labute approximate surface area is 116 Å². The Morgan fingerprint density at radius 1 is 1.26 bits per heavy atom. The highest BCUT2D eigenvalue weighted by Gasteiger charge is 2.17. The van der Waals surface area contributed by atoms with Crippen molar-refractivity contribution in [3.8, 4) is 0 Å². The lowest BCUT2D eigenvalue weighted by atomic mass is 10.0. The van der Waals surface area contributed by atoms with Gasteiger partial charge in [-0.25, -0.2) is 0 Å². The first-order valence-corrected chi connectivity index (χ1v) is 6.98. The van der Waals surface area contributed by atoms with Gasteiger partial charge in [0.05, 0.1) is 6.04 Å². The summed E-state index contributed by atoms with van der Waals surface area (Å²) in [7, 11) is 1.87. The minimum absolute atomic E-state index is 0.112. The zero-order valence-electron chi connectivity index (χ0n) is 12.5. The third-order valence-corrected chi connectivity index (χ3v) is 3.79. The van der Waals surface area contributed by atoms with E-state index in [0.717, 1.165) is 6.42 Å². The number of nitrogens with two attached hydrogens (primary N) is 1. The zero-order valence-corrected chi connectivity index (χ0v) is 12.5. The summed E-state index contributed by atoms with van der Waals surface area (Å²) in [6.07, 6.45) is 1.44. The summed E-state index contributed by atoms with van der Waals surface area (Å²) in [4.78, 5) is 14.0. The summed E-state index contributed by atoms with van der Waals surface area (Å²) < 4.78 is 0. The lowest BCUT2D eigenvalue weighted by Crippen LogP contribution is -2.30. The van der Waals surface area contributed by atoms with Crippen molar-refractivity contribution in [2.75, 3.05) is 13.6 Å². The highest BCUT2D eigenvalue weighted by molar-refractivity contribution is 5.76. The molecule has 3 heteroatoms. The topological polar surface area (TPSA) is 46.3 Å². The normalized spacial score (nSPS) is 13.9. The van der Waals surface area contributed by atoms with Gasteiger partial charge in [-0.15, -0.1) is 0 Å². The van der Waals surface area contributed by atoms with Crippen LogP contribution in [0.5, 0.6) is 0 Å². The van der Waals surface area contributed by atoms with Crippen LogP contribution in [0, 0.1) is 12.8 Å². The minimum Gasteiger partial charge on any atom is -0.339 e. The number of aryl methyl sites for hydroxylation is 1. The predicted octanol–water partition coefficient (Wildman–Crippen LogP) is 2.89. The Balaban J connectivity index is 2.58. The Morgan fingerprint density at radius 3 is 2.37 bits per heavy atom. The standard InChI is InChI=1S/C16H26N2O/c1-12-5-8-15(9-6-12)14(3)18(4)16(19)10-7-13(2)11-17/h5-6,8-9,13-14H,7,10-11,17H2,1-4H3. The number of amides is 1. The van der Waals surface area contributed by atoms with Crippen LogP contribution in [0.1, 0.15) is 43.9 Å². The van der Waals surface area contributed by atoms with Crippen LogP contribution in [0.15, 0.2) is 24.3 Å². The molecule has 2 atom stereocenters. The van der Waals surface area contributed by atoms with E-state index in [2.05, 4.69) is 45.0 Å². The second-order valence-electron chi connectivity index (χ2n) is 5.47. The van der Waals surface area contributed by atoms with Crippen molar-refractivity contribution in [2.24, 2.45) is 11.7 Å². The molecule has 0 saturated carbocycles. The Hall–Kier alpha value is -1.35. The fourth-order valence-corrected chi connectivity index (χ4v) is 1.95. The van der Waals surface area contributed by atoms with Crippen LogP contribution in [0.2, 0.25) is 0 Å². The van der Waals surface area contributed by atoms with E-state index in [1.54, 1.807) is 0 Å². The third-order valence-electron chi connectivity index (χ3n) is 3.79. The summed E-state index contributed by atoms with van der Waals surface area (Å²) in [6.45, 7) is 6.85. The molecule has 0 aromatic heterocycles. The minimum atomic E-state index is 0.112. The van der Waals surface area contributed by atoms with Crippen molar-refractivity contribution in [2.45, 2.75) is 39.7 Å². The lowest BCUT2D eigenvalue weighted by Gasteiger charge is -2.26. The van der Waals surface area contributed by atoms with E-state index in [0.29, 0.717) is 18.9 Å². The van der Waals surface area contributed by atoms with Crippen LogP contribution in [0.25, 0.3) is 0 Å². The van der Waals surface area contributed by atoms with Crippen LogP contribution in [-0.2, 0) is 4.79 Å². The molecule has 1 aromatic rings. The summed E-state index contributed by atoms with van der Waals surface area (Å²) >= 11 is 0. The molecule has 1 aromatic carbocycles. The summed E-state index contributed by atoms with van der Waals surface area (Å²) in [6, 6.07) is 8.46. The van der Waals surface area contributed by atoms with Gasteiger partial charge in [-0.1, -0.05) is 36.8 Å². The van der Waals surface area contributed by atoms with Gasteiger partial charge in [0.25, 0.3) is 0 Å². The molecule has 2 N–H and O–H groups in total. The van der Waals surface area contributed by atoms with Gasteiger partial charge < -0.3 is 10.6 Å². The largest absolute Gasteiger partial charge is 0.339 e. The van der Waals surface area contributed by atoms with E-state index in [1.165, 1.54) is 11.1 Å². The maximum absolute atomic E-state index is 12.1. The molecular weight excluding hydrogens is 236 g/mol. The first-order chi connectivity index (χ1) is 8.95. The van der Waals surface area contributed by atoms with Gasteiger partial charge in [0, 0.05) is 13.5 Å². The summed E-state index contributed by atoms with van der Waals surface area (Å²) in [5.41, 5.74) is 7.99. The average Bonchev–Trinajstić information content (AvgIpc) is 2.43. The molecule has 0 spiro atoms.